The molecule has 1 amide bonds. The van der Waals surface area contributed by atoms with E-state index >= 15 is 0 Å². The molecule has 2 aromatic heterocycles. The summed E-state index contributed by atoms with van der Waals surface area (Å²) in [6.07, 6.45) is 2.95. The molecule has 2 N–H and O–H groups in total. The van der Waals surface area contributed by atoms with Crippen molar-refractivity contribution >= 4 is 17.4 Å². The number of amides is 1. The van der Waals surface area contributed by atoms with Crippen LogP contribution in [-0.4, -0.2) is 34.3 Å². The van der Waals surface area contributed by atoms with Gasteiger partial charge in [-0.1, -0.05) is 12.1 Å². The fourth-order valence-corrected chi connectivity index (χ4v) is 3.85. The van der Waals surface area contributed by atoms with Gasteiger partial charge in [-0.25, -0.2) is 4.39 Å². The van der Waals surface area contributed by atoms with Crippen molar-refractivity contribution in [1.29, 1.82) is 5.26 Å². The van der Waals surface area contributed by atoms with Gasteiger partial charge in [-0.15, -0.1) is 0 Å². The highest BCUT2D eigenvalue weighted by molar-refractivity contribution is 6.08. The second kappa shape index (κ2) is 11.4. The average Bonchev–Trinajstić information content (AvgIpc) is 2.94. The second-order valence-corrected chi connectivity index (χ2v) is 8.63. The number of likely N-dealkylation sites (N-methyl/N-ethyl adjacent to an activating group) is 1. The minimum Gasteiger partial charge on any atom is -0.320 e. The SMILES string of the molecule is CNC(C)C(=O)Nc1ccc(-c2cccc(C#N)c2)n(Cc2cncc(C(=O)c3ccc(F)cc3)c2)c1=O. The van der Waals surface area contributed by atoms with E-state index in [1.807, 2.05) is 0 Å². The molecule has 0 aliphatic carbocycles. The molecule has 2 aromatic carbocycles. The Labute approximate surface area is 218 Å². The Morgan fingerprint density at radius 3 is 2.53 bits per heavy atom. The lowest BCUT2D eigenvalue weighted by molar-refractivity contribution is -0.117. The van der Waals surface area contributed by atoms with Gasteiger partial charge in [0, 0.05) is 23.5 Å². The van der Waals surface area contributed by atoms with Crippen LogP contribution in [-0.2, 0) is 11.3 Å². The number of aromatic nitrogens is 2. The van der Waals surface area contributed by atoms with Crippen LogP contribution in [0.15, 0.2) is 83.9 Å². The first-order valence-corrected chi connectivity index (χ1v) is 11.8. The smallest absolute Gasteiger partial charge is 0.275 e. The molecule has 0 aliphatic heterocycles. The van der Waals surface area contributed by atoms with Gasteiger partial charge in [-0.3, -0.25) is 19.4 Å². The molecule has 0 bridgehead atoms. The van der Waals surface area contributed by atoms with Gasteiger partial charge < -0.3 is 15.2 Å². The number of nitrogens with zero attached hydrogens (tertiary/aromatic N) is 3. The predicted molar refractivity (Wildman–Crippen MR) is 141 cm³/mol. The summed E-state index contributed by atoms with van der Waals surface area (Å²) in [5.41, 5.74) is 2.35. The predicted octanol–water partition coefficient (Wildman–Crippen LogP) is 3.75. The van der Waals surface area contributed by atoms with Crippen molar-refractivity contribution in [3.05, 3.63) is 118 Å². The summed E-state index contributed by atoms with van der Waals surface area (Å²) >= 11 is 0. The van der Waals surface area contributed by atoms with E-state index in [-0.39, 0.29) is 29.5 Å². The maximum Gasteiger partial charge on any atom is 0.275 e. The molecule has 4 aromatic rings. The van der Waals surface area contributed by atoms with Crippen LogP contribution in [0.2, 0.25) is 0 Å². The van der Waals surface area contributed by atoms with E-state index in [1.54, 1.807) is 50.4 Å². The summed E-state index contributed by atoms with van der Waals surface area (Å²) < 4.78 is 14.8. The maximum atomic E-state index is 13.6. The Hall–Kier alpha value is -4.94. The third-order valence-electron chi connectivity index (χ3n) is 6.05. The number of benzene rings is 2. The molecule has 38 heavy (non-hydrogen) atoms. The molecule has 0 saturated carbocycles. The van der Waals surface area contributed by atoms with E-state index in [1.165, 1.54) is 47.3 Å². The van der Waals surface area contributed by atoms with Gasteiger partial charge in [-0.2, -0.15) is 5.26 Å². The normalized spacial score (nSPS) is 11.4. The number of anilines is 1. The summed E-state index contributed by atoms with van der Waals surface area (Å²) in [6, 6.07) is 18.4. The third kappa shape index (κ3) is 5.72. The van der Waals surface area contributed by atoms with Crippen LogP contribution in [0.4, 0.5) is 10.1 Å². The maximum absolute atomic E-state index is 13.6. The van der Waals surface area contributed by atoms with Gasteiger partial charge in [-0.05, 0) is 79.7 Å². The van der Waals surface area contributed by atoms with Crippen molar-refractivity contribution in [2.45, 2.75) is 19.5 Å². The molecular formula is C29H24FN5O3. The third-order valence-corrected chi connectivity index (χ3v) is 6.05. The molecule has 190 valence electrons. The number of nitriles is 1. The van der Waals surface area contributed by atoms with Crippen LogP contribution in [0.25, 0.3) is 11.3 Å². The summed E-state index contributed by atoms with van der Waals surface area (Å²) in [6.45, 7) is 1.71. The number of pyridine rings is 2. The van der Waals surface area contributed by atoms with Crippen LogP contribution < -0.4 is 16.2 Å². The van der Waals surface area contributed by atoms with Gasteiger partial charge in [0.1, 0.15) is 11.5 Å². The molecule has 4 rings (SSSR count). The molecule has 0 spiro atoms. The Bertz CT molecular complexity index is 1610. The van der Waals surface area contributed by atoms with Crippen molar-refractivity contribution < 1.29 is 14.0 Å². The number of carbonyl (C=O) groups is 2. The molecule has 0 radical (unpaired) electrons. The summed E-state index contributed by atoms with van der Waals surface area (Å²) in [4.78, 5) is 43.1. The van der Waals surface area contributed by atoms with Crippen LogP contribution in [0.3, 0.4) is 0 Å². The molecular weight excluding hydrogens is 485 g/mol. The zero-order valence-electron chi connectivity index (χ0n) is 20.7. The Morgan fingerprint density at radius 2 is 1.82 bits per heavy atom. The van der Waals surface area contributed by atoms with Gasteiger partial charge in [0.25, 0.3) is 5.56 Å². The highest BCUT2D eigenvalue weighted by Gasteiger charge is 2.17. The fraction of sp³-hybridized carbons (Fsp3) is 0.138. The number of hydrogen-bond acceptors (Lipinski definition) is 6. The molecule has 1 atom stereocenters. The molecule has 0 saturated heterocycles. The van der Waals surface area contributed by atoms with Gasteiger partial charge in [0.05, 0.1) is 29.9 Å². The molecule has 2 heterocycles. The van der Waals surface area contributed by atoms with Crippen molar-refractivity contribution in [1.82, 2.24) is 14.9 Å². The molecule has 9 heteroatoms. The van der Waals surface area contributed by atoms with Crippen molar-refractivity contribution in [3.63, 3.8) is 0 Å². The first-order valence-electron chi connectivity index (χ1n) is 11.8. The minimum absolute atomic E-state index is 0.0355. The van der Waals surface area contributed by atoms with Gasteiger partial charge >= 0.3 is 0 Å². The van der Waals surface area contributed by atoms with E-state index in [2.05, 4.69) is 21.7 Å². The minimum atomic E-state index is -0.520. The van der Waals surface area contributed by atoms with Crippen molar-refractivity contribution in [3.8, 4) is 17.3 Å². The highest BCUT2D eigenvalue weighted by Crippen LogP contribution is 2.22. The zero-order chi connectivity index (χ0) is 27.2. The molecule has 8 nitrogen and oxygen atoms in total. The van der Waals surface area contributed by atoms with Crippen LogP contribution in [0.1, 0.15) is 34.0 Å². The van der Waals surface area contributed by atoms with Crippen LogP contribution in [0, 0.1) is 17.1 Å². The standard InChI is InChI=1S/C29H24FN5O3/c1-18(32-2)28(37)34-25-10-11-26(22-5-3-4-19(12-22)14-31)35(29(25)38)17-20-13-23(16-33-15-20)27(36)21-6-8-24(30)9-7-21/h3-13,15-16,18,32H,17H2,1-2H3,(H,34,37). The first-order chi connectivity index (χ1) is 18.3. The first kappa shape index (κ1) is 26.1. The molecule has 0 aliphatic rings. The zero-order valence-corrected chi connectivity index (χ0v) is 20.7. The number of halogens is 1. The van der Waals surface area contributed by atoms with Crippen molar-refractivity contribution in [2.75, 3.05) is 12.4 Å². The lowest BCUT2D eigenvalue weighted by Gasteiger charge is -2.17. The average molecular weight is 510 g/mol. The van der Waals surface area contributed by atoms with Crippen LogP contribution in [0.5, 0.6) is 0 Å². The van der Waals surface area contributed by atoms with Gasteiger partial charge in [0.2, 0.25) is 5.91 Å². The monoisotopic (exact) mass is 509 g/mol. The number of carbonyl (C=O) groups excluding carboxylic acids is 2. The van der Waals surface area contributed by atoms with Gasteiger partial charge in [0.15, 0.2) is 5.78 Å². The topological polar surface area (TPSA) is 117 Å². The summed E-state index contributed by atoms with van der Waals surface area (Å²) in [7, 11) is 1.64. The summed E-state index contributed by atoms with van der Waals surface area (Å²) in [5.74, 6) is -1.16. The fourth-order valence-electron chi connectivity index (χ4n) is 3.85. The number of ketones is 1. The van der Waals surface area contributed by atoms with E-state index < -0.39 is 17.4 Å². The number of nitrogens with one attached hydrogen (secondary N) is 2. The lowest BCUT2D eigenvalue weighted by atomic mass is 10.0. The number of rotatable bonds is 8. The Balaban J connectivity index is 1.76. The lowest BCUT2D eigenvalue weighted by Crippen LogP contribution is -2.37. The Kier molecular flexibility index (Phi) is 7.85. The second-order valence-electron chi connectivity index (χ2n) is 8.63. The van der Waals surface area contributed by atoms with E-state index in [0.717, 1.165) is 0 Å². The van der Waals surface area contributed by atoms with Crippen molar-refractivity contribution in [2.24, 2.45) is 0 Å². The highest BCUT2D eigenvalue weighted by atomic mass is 19.1. The Morgan fingerprint density at radius 1 is 1.05 bits per heavy atom. The van der Waals surface area contributed by atoms with E-state index in [4.69, 9.17) is 0 Å². The molecule has 0 fully saturated rings. The van der Waals surface area contributed by atoms with E-state index in [9.17, 15) is 24.0 Å². The molecule has 1 unspecified atom stereocenters. The largest absolute Gasteiger partial charge is 0.320 e. The van der Waals surface area contributed by atoms with Crippen LogP contribution >= 0.6 is 0 Å². The number of hydrogen-bond donors (Lipinski definition) is 2. The summed E-state index contributed by atoms with van der Waals surface area (Å²) in [5, 5.41) is 14.8. The van der Waals surface area contributed by atoms with E-state index in [0.29, 0.717) is 27.9 Å². The quantitative estimate of drug-likeness (QED) is 0.350.